The lowest BCUT2D eigenvalue weighted by molar-refractivity contribution is 0.173. The molecule has 6 heteroatoms. The van der Waals surface area contributed by atoms with Crippen molar-refractivity contribution in [2.24, 2.45) is 0 Å². The summed E-state index contributed by atoms with van der Waals surface area (Å²) in [5.41, 5.74) is 0.902. The molecule has 1 aromatic carbocycles. The van der Waals surface area contributed by atoms with Gasteiger partial charge in [0.15, 0.2) is 23.1 Å². The van der Waals surface area contributed by atoms with E-state index in [2.05, 4.69) is 26.2 Å². The number of halogens is 2. The second-order valence-electron chi connectivity index (χ2n) is 3.99. The maximum Gasteiger partial charge on any atom is 0.231 e. The Hall–Kier alpha value is -1.82. The predicted molar refractivity (Wildman–Crippen MR) is 71.8 cm³/mol. The second kappa shape index (κ2) is 5.05. The maximum atomic E-state index is 13.6. The fraction of sp³-hybridized carbons (Fsp3) is 0.154. The highest BCUT2D eigenvalue weighted by molar-refractivity contribution is 9.10. The first-order valence-electron chi connectivity index (χ1n) is 5.66. The van der Waals surface area contributed by atoms with Gasteiger partial charge in [-0.3, -0.25) is 0 Å². The van der Waals surface area contributed by atoms with Crippen LogP contribution in [0.5, 0.6) is 11.5 Å². The third-order valence-corrected chi connectivity index (χ3v) is 3.17. The van der Waals surface area contributed by atoms with Crippen LogP contribution in [-0.4, -0.2) is 11.8 Å². The number of benzene rings is 1. The van der Waals surface area contributed by atoms with E-state index in [4.69, 9.17) is 9.47 Å². The molecular weight excluding hydrogens is 315 g/mol. The summed E-state index contributed by atoms with van der Waals surface area (Å²) in [6.07, 6.45) is 1.54. The molecule has 0 saturated heterocycles. The van der Waals surface area contributed by atoms with Crippen molar-refractivity contribution in [3.05, 3.63) is 46.3 Å². The fourth-order valence-electron chi connectivity index (χ4n) is 1.85. The molecule has 3 rings (SSSR count). The van der Waals surface area contributed by atoms with Gasteiger partial charge in [0.25, 0.3) is 0 Å². The van der Waals surface area contributed by atoms with Gasteiger partial charge in [0.2, 0.25) is 6.79 Å². The minimum atomic E-state index is -0.404. The number of nitrogens with zero attached hydrogens (tertiary/aromatic N) is 1. The zero-order valence-corrected chi connectivity index (χ0v) is 11.4. The number of pyridine rings is 1. The Morgan fingerprint density at radius 3 is 3.11 bits per heavy atom. The average molecular weight is 325 g/mol. The Balaban J connectivity index is 1.78. The number of ether oxygens (including phenoxy) is 2. The van der Waals surface area contributed by atoms with Crippen LogP contribution < -0.4 is 14.8 Å². The van der Waals surface area contributed by atoms with Crippen LogP contribution in [0.3, 0.4) is 0 Å². The van der Waals surface area contributed by atoms with Crippen LogP contribution in [0.15, 0.2) is 34.9 Å². The lowest BCUT2D eigenvalue weighted by atomic mass is 10.2. The number of hydrogen-bond donors (Lipinski definition) is 1. The predicted octanol–water partition coefficient (Wildman–Crippen LogP) is 3.32. The van der Waals surface area contributed by atoms with E-state index in [1.165, 1.54) is 6.07 Å². The summed E-state index contributed by atoms with van der Waals surface area (Å²) < 4.78 is 24.9. The summed E-state index contributed by atoms with van der Waals surface area (Å²) >= 11 is 3.17. The van der Waals surface area contributed by atoms with Crippen LogP contribution in [0.4, 0.5) is 10.2 Å². The number of para-hydroxylation sites is 1. The van der Waals surface area contributed by atoms with Gasteiger partial charge in [0, 0.05) is 22.8 Å². The highest BCUT2D eigenvalue weighted by Gasteiger charge is 2.17. The van der Waals surface area contributed by atoms with Gasteiger partial charge in [-0.15, -0.1) is 0 Å². The lowest BCUT2D eigenvalue weighted by Crippen LogP contribution is -2.04. The summed E-state index contributed by atoms with van der Waals surface area (Å²) in [6, 6.07) is 6.97. The van der Waals surface area contributed by atoms with Gasteiger partial charge < -0.3 is 14.8 Å². The molecule has 0 aliphatic carbocycles. The molecular formula is C13H10BrFN2O2. The van der Waals surface area contributed by atoms with Gasteiger partial charge in [-0.2, -0.15) is 0 Å². The van der Waals surface area contributed by atoms with Gasteiger partial charge in [0.1, 0.15) is 0 Å². The number of hydrogen-bond acceptors (Lipinski definition) is 4. The standard InChI is InChI=1S/C13H10BrFN2O2/c14-9-4-10(15)13(17-6-9)16-5-8-2-1-3-11-12(8)19-7-18-11/h1-4,6H,5,7H2,(H,16,17). The Labute approximate surface area is 117 Å². The van der Waals surface area contributed by atoms with Crippen molar-refractivity contribution in [2.45, 2.75) is 6.54 Å². The van der Waals surface area contributed by atoms with Crippen LogP contribution in [0, 0.1) is 5.82 Å². The molecule has 1 aliphatic rings. The molecule has 0 fully saturated rings. The molecule has 2 aromatic rings. The Kier molecular flexibility index (Phi) is 3.25. The number of aromatic nitrogens is 1. The minimum Gasteiger partial charge on any atom is -0.454 e. The Morgan fingerprint density at radius 1 is 1.37 bits per heavy atom. The largest absolute Gasteiger partial charge is 0.454 e. The molecule has 4 nitrogen and oxygen atoms in total. The van der Waals surface area contributed by atoms with Gasteiger partial charge in [-0.25, -0.2) is 9.37 Å². The van der Waals surface area contributed by atoms with E-state index in [1.54, 1.807) is 6.20 Å². The van der Waals surface area contributed by atoms with E-state index < -0.39 is 5.82 Å². The van der Waals surface area contributed by atoms with Crippen molar-refractivity contribution in [3.63, 3.8) is 0 Å². The molecule has 0 amide bonds. The van der Waals surface area contributed by atoms with E-state index in [9.17, 15) is 4.39 Å². The lowest BCUT2D eigenvalue weighted by Gasteiger charge is -2.09. The monoisotopic (exact) mass is 324 g/mol. The average Bonchev–Trinajstić information content (AvgIpc) is 2.86. The first-order valence-corrected chi connectivity index (χ1v) is 6.46. The molecule has 1 N–H and O–H groups in total. The molecule has 1 aliphatic heterocycles. The van der Waals surface area contributed by atoms with Gasteiger partial charge in [-0.1, -0.05) is 12.1 Å². The van der Waals surface area contributed by atoms with Crippen molar-refractivity contribution in [3.8, 4) is 11.5 Å². The molecule has 0 unspecified atom stereocenters. The maximum absolute atomic E-state index is 13.6. The SMILES string of the molecule is Fc1cc(Br)cnc1NCc1cccc2c1OCO2. The van der Waals surface area contributed by atoms with Crippen LogP contribution in [0.25, 0.3) is 0 Å². The van der Waals surface area contributed by atoms with E-state index >= 15 is 0 Å². The van der Waals surface area contributed by atoms with E-state index in [0.717, 1.165) is 5.56 Å². The van der Waals surface area contributed by atoms with E-state index in [1.807, 2.05) is 18.2 Å². The number of nitrogens with one attached hydrogen (secondary N) is 1. The molecule has 0 saturated carbocycles. The van der Waals surface area contributed by atoms with Crippen molar-refractivity contribution >= 4 is 21.7 Å². The van der Waals surface area contributed by atoms with E-state index in [-0.39, 0.29) is 12.6 Å². The minimum absolute atomic E-state index is 0.208. The molecule has 0 radical (unpaired) electrons. The molecule has 2 heterocycles. The summed E-state index contributed by atoms with van der Waals surface area (Å²) in [7, 11) is 0. The Bertz CT molecular complexity index is 622. The first kappa shape index (κ1) is 12.2. The molecule has 0 spiro atoms. The second-order valence-corrected chi connectivity index (χ2v) is 4.90. The van der Waals surface area contributed by atoms with Gasteiger partial charge >= 0.3 is 0 Å². The molecule has 0 bridgehead atoms. The number of fused-ring (bicyclic) bond motifs is 1. The van der Waals surface area contributed by atoms with E-state index in [0.29, 0.717) is 22.5 Å². The summed E-state index contributed by atoms with van der Waals surface area (Å²) in [5.74, 6) is 1.22. The normalized spacial score (nSPS) is 12.5. The van der Waals surface area contributed by atoms with Crippen molar-refractivity contribution in [1.82, 2.24) is 4.98 Å². The third-order valence-electron chi connectivity index (χ3n) is 2.73. The van der Waals surface area contributed by atoms with Crippen molar-refractivity contribution in [2.75, 3.05) is 12.1 Å². The summed E-state index contributed by atoms with van der Waals surface area (Å²) in [5, 5.41) is 2.94. The number of rotatable bonds is 3. The molecule has 1 aromatic heterocycles. The third kappa shape index (κ3) is 2.49. The van der Waals surface area contributed by atoms with Crippen LogP contribution in [0.1, 0.15) is 5.56 Å². The highest BCUT2D eigenvalue weighted by atomic mass is 79.9. The first-order chi connectivity index (χ1) is 9.24. The zero-order valence-electron chi connectivity index (χ0n) is 9.82. The quantitative estimate of drug-likeness (QED) is 0.940. The van der Waals surface area contributed by atoms with Crippen LogP contribution in [-0.2, 0) is 6.54 Å². The smallest absolute Gasteiger partial charge is 0.231 e. The Morgan fingerprint density at radius 2 is 2.26 bits per heavy atom. The van der Waals surface area contributed by atoms with Crippen molar-refractivity contribution < 1.29 is 13.9 Å². The van der Waals surface area contributed by atoms with Crippen molar-refractivity contribution in [1.29, 1.82) is 0 Å². The van der Waals surface area contributed by atoms with Gasteiger partial charge in [0.05, 0.1) is 0 Å². The summed E-state index contributed by atoms with van der Waals surface area (Å²) in [4.78, 5) is 3.98. The highest BCUT2D eigenvalue weighted by Crippen LogP contribution is 2.35. The number of anilines is 1. The molecule has 19 heavy (non-hydrogen) atoms. The summed E-state index contributed by atoms with van der Waals surface area (Å²) in [6.45, 7) is 0.634. The molecule has 98 valence electrons. The van der Waals surface area contributed by atoms with Crippen LogP contribution >= 0.6 is 15.9 Å². The zero-order chi connectivity index (χ0) is 13.2. The molecule has 0 atom stereocenters. The van der Waals surface area contributed by atoms with Gasteiger partial charge in [-0.05, 0) is 28.1 Å². The fourth-order valence-corrected chi connectivity index (χ4v) is 2.16. The topological polar surface area (TPSA) is 43.4 Å². The van der Waals surface area contributed by atoms with Crippen LogP contribution in [0.2, 0.25) is 0 Å².